The maximum atomic E-state index is 12.4. The van der Waals surface area contributed by atoms with E-state index in [1.165, 1.54) is 12.1 Å². The first-order valence-electron chi connectivity index (χ1n) is 7.25. The van der Waals surface area contributed by atoms with Gasteiger partial charge in [-0.05, 0) is 25.0 Å². The SMILES string of the molecule is Cl.NC1(CNS(=O)(=O)c2ccccc2OC(F)(F)F)CCCCC1. The molecule has 1 aromatic carbocycles. The maximum absolute atomic E-state index is 12.4. The average Bonchev–Trinajstić information content (AvgIpc) is 2.45. The highest BCUT2D eigenvalue weighted by atomic mass is 35.5. The molecule has 0 aliphatic heterocycles. The number of nitrogens with one attached hydrogen (secondary N) is 1. The molecule has 1 aliphatic carbocycles. The smallest absolute Gasteiger partial charge is 0.404 e. The lowest BCUT2D eigenvalue weighted by molar-refractivity contribution is -0.275. The highest BCUT2D eigenvalue weighted by Gasteiger charge is 2.35. The van der Waals surface area contributed by atoms with Gasteiger partial charge in [0.1, 0.15) is 10.6 Å². The van der Waals surface area contributed by atoms with E-state index in [2.05, 4.69) is 9.46 Å². The second-order valence-electron chi connectivity index (χ2n) is 5.74. The number of alkyl halides is 3. The molecule has 3 N–H and O–H groups in total. The predicted molar refractivity (Wildman–Crippen MR) is 85.6 cm³/mol. The van der Waals surface area contributed by atoms with E-state index in [4.69, 9.17) is 5.73 Å². The van der Waals surface area contributed by atoms with Crippen molar-refractivity contribution in [2.75, 3.05) is 6.54 Å². The van der Waals surface area contributed by atoms with Crippen molar-refractivity contribution in [3.05, 3.63) is 24.3 Å². The summed E-state index contributed by atoms with van der Waals surface area (Å²) in [4.78, 5) is -0.559. The summed E-state index contributed by atoms with van der Waals surface area (Å²) in [5, 5.41) is 0. The summed E-state index contributed by atoms with van der Waals surface area (Å²) in [6.07, 6.45) is -0.748. The van der Waals surface area contributed by atoms with Crippen LogP contribution in [0.1, 0.15) is 32.1 Å². The van der Waals surface area contributed by atoms with E-state index in [-0.39, 0.29) is 19.0 Å². The first kappa shape index (κ1) is 21.0. The number of sulfonamides is 1. The monoisotopic (exact) mass is 388 g/mol. The Kier molecular flexibility index (Phi) is 6.92. The van der Waals surface area contributed by atoms with Gasteiger partial charge in [0, 0.05) is 12.1 Å². The molecule has 0 heterocycles. The molecule has 24 heavy (non-hydrogen) atoms. The lowest BCUT2D eigenvalue weighted by atomic mass is 9.83. The van der Waals surface area contributed by atoms with E-state index in [1.54, 1.807) is 0 Å². The molecule has 0 unspecified atom stereocenters. The molecule has 1 saturated carbocycles. The van der Waals surface area contributed by atoms with Crippen LogP contribution in [0.25, 0.3) is 0 Å². The second-order valence-corrected chi connectivity index (χ2v) is 7.48. The molecule has 0 amide bonds. The van der Waals surface area contributed by atoms with Crippen molar-refractivity contribution in [1.82, 2.24) is 4.72 Å². The fourth-order valence-corrected chi connectivity index (χ4v) is 3.90. The van der Waals surface area contributed by atoms with Crippen LogP contribution in [-0.4, -0.2) is 26.9 Å². The Morgan fingerprint density at radius 1 is 1.17 bits per heavy atom. The summed E-state index contributed by atoms with van der Waals surface area (Å²) in [5.41, 5.74) is 5.48. The number of rotatable bonds is 5. The Hall–Kier alpha value is -1.03. The van der Waals surface area contributed by atoms with E-state index in [0.717, 1.165) is 31.4 Å². The summed E-state index contributed by atoms with van der Waals surface area (Å²) in [6, 6.07) is 4.62. The Bertz CT molecular complexity index is 647. The van der Waals surface area contributed by atoms with Crippen LogP contribution in [-0.2, 0) is 10.0 Å². The Balaban J connectivity index is 0.00000288. The van der Waals surface area contributed by atoms with Crippen LogP contribution in [0.15, 0.2) is 29.2 Å². The summed E-state index contributed by atoms with van der Waals surface area (Å²) >= 11 is 0. The van der Waals surface area contributed by atoms with Crippen LogP contribution in [0, 0.1) is 0 Å². The van der Waals surface area contributed by atoms with E-state index >= 15 is 0 Å². The molecule has 1 aliphatic rings. The molecule has 5 nitrogen and oxygen atoms in total. The van der Waals surface area contributed by atoms with Crippen molar-refractivity contribution in [2.24, 2.45) is 5.73 Å². The molecule has 0 saturated heterocycles. The van der Waals surface area contributed by atoms with Crippen molar-refractivity contribution in [1.29, 1.82) is 0 Å². The fraction of sp³-hybridized carbons (Fsp3) is 0.571. The van der Waals surface area contributed by atoms with Gasteiger partial charge in [-0.25, -0.2) is 13.1 Å². The predicted octanol–water partition coefficient (Wildman–Crippen LogP) is 2.95. The summed E-state index contributed by atoms with van der Waals surface area (Å²) in [5.74, 6) is -0.762. The Labute approximate surface area is 145 Å². The zero-order valence-electron chi connectivity index (χ0n) is 12.8. The van der Waals surface area contributed by atoms with Crippen molar-refractivity contribution >= 4 is 22.4 Å². The van der Waals surface area contributed by atoms with Gasteiger partial charge in [-0.1, -0.05) is 31.4 Å². The van der Waals surface area contributed by atoms with Crippen LogP contribution in [0.2, 0.25) is 0 Å². The number of hydrogen-bond acceptors (Lipinski definition) is 4. The van der Waals surface area contributed by atoms with Gasteiger partial charge in [0.15, 0.2) is 0 Å². The molecule has 0 bridgehead atoms. The molecule has 2 rings (SSSR count). The topological polar surface area (TPSA) is 81.4 Å². The Morgan fingerprint density at radius 3 is 2.33 bits per heavy atom. The van der Waals surface area contributed by atoms with Crippen LogP contribution in [0.4, 0.5) is 13.2 Å². The zero-order valence-corrected chi connectivity index (χ0v) is 14.4. The van der Waals surface area contributed by atoms with E-state index in [0.29, 0.717) is 12.8 Å². The number of hydrogen-bond donors (Lipinski definition) is 2. The van der Waals surface area contributed by atoms with Gasteiger partial charge in [-0.2, -0.15) is 0 Å². The molecule has 138 valence electrons. The second kappa shape index (κ2) is 7.90. The minimum Gasteiger partial charge on any atom is -0.404 e. The Morgan fingerprint density at radius 2 is 1.75 bits per heavy atom. The van der Waals surface area contributed by atoms with E-state index in [1.807, 2.05) is 0 Å². The molecule has 0 spiro atoms. The van der Waals surface area contributed by atoms with Crippen molar-refractivity contribution < 1.29 is 26.3 Å². The van der Waals surface area contributed by atoms with Gasteiger partial charge >= 0.3 is 6.36 Å². The molecular weight excluding hydrogens is 369 g/mol. The third-order valence-corrected chi connectivity index (χ3v) is 5.27. The minimum atomic E-state index is -4.97. The van der Waals surface area contributed by atoms with Crippen molar-refractivity contribution in [3.8, 4) is 5.75 Å². The normalized spacial score (nSPS) is 17.8. The first-order chi connectivity index (χ1) is 10.6. The molecule has 1 fully saturated rings. The maximum Gasteiger partial charge on any atom is 0.573 e. The largest absolute Gasteiger partial charge is 0.573 e. The quantitative estimate of drug-likeness (QED) is 0.812. The third-order valence-electron chi connectivity index (χ3n) is 3.83. The number of ether oxygens (including phenoxy) is 1. The van der Waals surface area contributed by atoms with Crippen molar-refractivity contribution in [2.45, 2.75) is 48.9 Å². The fourth-order valence-electron chi connectivity index (χ4n) is 2.63. The van der Waals surface area contributed by atoms with Gasteiger partial charge in [-0.15, -0.1) is 25.6 Å². The summed E-state index contributed by atoms with van der Waals surface area (Å²) in [7, 11) is -4.16. The van der Waals surface area contributed by atoms with Gasteiger partial charge in [-0.3, -0.25) is 0 Å². The van der Waals surface area contributed by atoms with Crippen LogP contribution < -0.4 is 15.2 Å². The number of nitrogens with two attached hydrogens (primary N) is 1. The minimum absolute atomic E-state index is 0. The average molecular weight is 389 g/mol. The molecule has 1 aromatic rings. The van der Waals surface area contributed by atoms with Gasteiger partial charge in [0.25, 0.3) is 0 Å². The standard InChI is InChI=1S/C14H19F3N2O3S.ClH/c15-14(16,17)22-11-6-2-3-7-12(11)23(20,21)19-10-13(18)8-4-1-5-9-13;/h2-3,6-7,19H,1,4-5,8-10,18H2;1H. The molecule has 0 aromatic heterocycles. The highest BCUT2D eigenvalue weighted by molar-refractivity contribution is 7.89. The van der Waals surface area contributed by atoms with Crippen LogP contribution in [0.5, 0.6) is 5.75 Å². The van der Waals surface area contributed by atoms with E-state index in [9.17, 15) is 21.6 Å². The number of benzene rings is 1. The summed E-state index contributed by atoms with van der Waals surface area (Å²) in [6.45, 7) is -0.0182. The highest BCUT2D eigenvalue weighted by Crippen LogP contribution is 2.30. The van der Waals surface area contributed by atoms with Crippen LogP contribution in [0.3, 0.4) is 0 Å². The van der Waals surface area contributed by atoms with Gasteiger partial charge in [0.2, 0.25) is 10.0 Å². The zero-order chi connectivity index (χ0) is 17.1. The number of para-hydroxylation sites is 1. The lowest BCUT2D eigenvalue weighted by Crippen LogP contribution is -2.51. The molecule has 0 radical (unpaired) electrons. The number of halogens is 4. The molecule has 0 atom stereocenters. The molecule has 10 heteroatoms. The molecular formula is C14H20ClF3N2O3S. The van der Waals surface area contributed by atoms with Crippen LogP contribution >= 0.6 is 12.4 Å². The third kappa shape index (κ3) is 5.80. The van der Waals surface area contributed by atoms with Gasteiger partial charge in [0.05, 0.1) is 0 Å². The first-order valence-corrected chi connectivity index (χ1v) is 8.73. The van der Waals surface area contributed by atoms with Crippen molar-refractivity contribution in [3.63, 3.8) is 0 Å². The summed E-state index contributed by atoms with van der Waals surface area (Å²) < 4.78 is 67.9. The van der Waals surface area contributed by atoms with Gasteiger partial charge < -0.3 is 10.5 Å². The lowest BCUT2D eigenvalue weighted by Gasteiger charge is -2.33. The van der Waals surface area contributed by atoms with E-state index < -0.39 is 32.6 Å².